The summed E-state index contributed by atoms with van der Waals surface area (Å²) >= 11 is 0. The van der Waals surface area contributed by atoms with Crippen LogP contribution < -0.4 is 10.1 Å². The Hall–Kier alpha value is -1.27. The van der Waals surface area contributed by atoms with Crippen molar-refractivity contribution < 1.29 is 17.9 Å². The molecule has 0 aliphatic heterocycles. The second kappa shape index (κ2) is 7.66. The topological polar surface area (TPSA) is 72.5 Å². The molecule has 5 nitrogen and oxygen atoms in total. The van der Waals surface area contributed by atoms with Crippen molar-refractivity contribution in [3.63, 3.8) is 0 Å². The van der Waals surface area contributed by atoms with Gasteiger partial charge in [-0.1, -0.05) is 19.9 Å². The maximum absolute atomic E-state index is 11.6. The first kappa shape index (κ1) is 17.8. The molecule has 1 amide bonds. The van der Waals surface area contributed by atoms with Gasteiger partial charge in [-0.15, -0.1) is 0 Å². The third-order valence-electron chi connectivity index (χ3n) is 2.93. The normalized spacial score (nSPS) is 11.5. The summed E-state index contributed by atoms with van der Waals surface area (Å²) in [5.74, 6) is 0.583. The number of benzene rings is 1. The first-order valence-electron chi connectivity index (χ1n) is 6.62. The fourth-order valence-electron chi connectivity index (χ4n) is 1.73. The summed E-state index contributed by atoms with van der Waals surface area (Å²) in [7, 11) is 2.84. The van der Waals surface area contributed by atoms with Gasteiger partial charge in [0.05, 0.1) is 7.11 Å². The number of carbonyl (C=O) groups is 1. The van der Waals surface area contributed by atoms with E-state index in [-0.39, 0.29) is 23.1 Å². The number of hydrogen-bond acceptors (Lipinski definition) is 4. The molecule has 0 aliphatic rings. The Morgan fingerprint density at radius 3 is 2.57 bits per heavy atom. The van der Waals surface area contributed by atoms with E-state index in [0.29, 0.717) is 17.9 Å². The number of carbonyl (C=O) groups excluding carboxylic acids is 1. The Bertz CT molecular complexity index is 599. The quantitative estimate of drug-likeness (QED) is 0.779. The molecule has 0 atom stereocenters. The van der Waals surface area contributed by atoms with Crippen LogP contribution in [0.1, 0.15) is 32.3 Å². The monoisotopic (exact) mass is 333 g/mol. The molecule has 0 spiro atoms. The fourth-order valence-corrected chi connectivity index (χ4v) is 2.78. The van der Waals surface area contributed by atoms with Crippen LogP contribution >= 0.6 is 10.7 Å². The van der Waals surface area contributed by atoms with Crippen LogP contribution in [-0.4, -0.2) is 21.4 Å². The van der Waals surface area contributed by atoms with Crippen LogP contribution in [0, 0.1) is 5.92 Å². The largest absolute Gasteiger partial charge is 0.495 e. The van der Waals surface area contributed by atoms with Gasteiger partial charge in [-0.25, -0.2) is 8.42 Å². The molecular formula is C14H20ClNO4S. The van der Waals surface area contributed by atoms with E-state index in [4.69, 9.17) is 15.4 Å². The number of methoxy groups -OCH3 is 1. The molecule has 0 heterocycles. The molecule has 0 bridgehead atoms. The highest BCUT2D eigenvalue weighted by Crippen LogP contribution is 2.27. The van der Waals surface area contributed by atoms with E-state index >= 15 is 0 Å². The minimum Gasteiger partial charge on any atom is -0.495 e. The Morgan fingerprint density at radius 2 is 2.05 bits per heavy atom. The third kappa shape index (κ3) is 5.93. The number of nitrogens with one attached hydrogen (secondary N) is 1. The standard InChI is InChI=1S/C14H20ClNO4S/c1-10(2)4-7-14(17)16-9-11-5-6-12(20-3)13(8-11)21(15,18)19/h5-6,8,10H,4,7,9H2,1-3H3,(H,16,17). The van der Waals surface area contributed by atoms with E-state index in [9.17, 15) is 13.2 Å². The van der Waals surface area contributed by atoms with Crippen molar-refractivity contribution in [2.45, 2.75) is 38.1 Å². The van der Waals surface area contributed by atoms with Crippen molar-refractivity contribution in [2.24, 2.45) is 5.92 Å². The summed E-state index contributed by atoms with van der Waals surface area (Å²) in [5, 5.41) is 2.75. The minimum atomic E-state index is -3.89. The zero-order chi connectivity index (χ0) is 16.0. The van der Waals surface area contributed by atoms with Gasteiger partial charge in [0.25, 0.3) is 9.05 Å². The Labute approximate surface area is 130 Å². The molecule has 1 N–H and O–H groups in total. The molecule has 0 saturated carbocycles. The molecule has 1 aromatic rings. The van der Waals surface area contributed by atoms with E-state index in [2.05, 4.69) is 5.32 Å². The van der Waals surface area contributed by atoms with Crippen molar-refractivity contribution in [3.05, 3.63) is 23.8 Å². The SMILES string of the molecule is COc1ccc(CNC(=O)CCC(C)C)cc1S(=O)(=O)Cl. The van der Waals surface area contributed by atoms with Gasteiger partial charge in [0.1, 0.15) is 10.6 Å². The predicted octanol–water partition coefficient (Wildman–Crippen LogP) is 2.68. The molecular weight excluding hydrogens is 314 g/mol. The lowest BCUT2D eigenvalue weighted by Crippen LogP contribution is -2.22. The van der Waals surface area contributed by atoms with E-state index in [1.165, 1.54) is 19.2 Å². The second-order valence-electron chi connectivity index (χ2n) is 5.13. The summed E-state index contributed by atoms with van der Waals surface area (Å²) in [6.07, 6.45) is 1.27. The van der Waals surface area contributed by atoms with E-state index in [1.54, 1.807) is 6.07 Å². The number of amides is 1. The molecule has 0 radical (unpaired) electrons. The van der Waals surface area contributed by atoms with Crippen LogP contribution in [0.4, 0.5) is 0 Å². The lowest BCUT2D eigenvalue weighted by molar-refractivity contribution is -0.121. The molecule has 0 unspecified atom stereocenters. The Morgan fingerprint density at radius 1 is 1.38 bits per heavy atom. The zero-order valence-corrected chi connectivity index (χ0v) is 13.9. The smallest absolute Gasteiger partial charge is 0.264 e. The number of rotatable bonds is 7. The van der Waals surface area contributed by atoms with Crippen LogP contribution in [0.5, 0.6) is 5.75 Å². The van der Waals surface area contributed by atoms with Gasteiger partial charge in [0.15, 0.2) is 0 Å². The van der Waals surface area contributed by atoms with Crippen molar-refractivity contribution in [3.8, 4) is 5.75 Å². The first-order valence-corrected chi connectivity index (χ1v) is 8.93. The van der Waals surface area contributed by atoms with E-state index in [1.807, 2.05) is 13.8 Å². The Kier molecular flexibility index (Phi) is 6.48. The van der Waals surface area contributed by atoms with Gasteiger partial charge in [-0.3, -0.25) is 4.79 Å². The Balaban J connectivity index is 2.75. The van der Waals surface area contributed by atoms with E-state index < -0.39 is 9.05 Å². The van der Waals surface area contributed by atoms with Crippen molar-refractivity contribution in [1.29, 1.82) is 0 Å². The van der Waals surface area contributed by atoms with Gasteiger partial charge in [0, 0.05) is 23.6 Å². The fraction of sp³-hybridized carbons (Fsp3) is 0.500. The molecule has 1 rings (SSSR count). The van der Waals surface area contributed by atoms with Crippen LogP contribution in [-0.2, 0) is 20.4 Å². The average molecular weight is 334 g/mol. The second-order valence-corrected chi connectivity index (χ2v) is 7.67. The lowest BCUT2D eigenvalue weighted by Gasteiger charge is -2.10. The number of ether oxygens (including phenoxy) is 1. The highest BCUT2D eigenvalue weighted by molar-refractivity contribution is 8.13. The van der Waals surface area contributed by atoms with E-state index in [0.717, 1.165) is 6.42 Å². The van der Waals surface area contributed by atoms with Crippen molar-refractivity contribution in [1.82, 2.24) is 5.32 Å². The van der Waals surface area contributed by atoms with Crippen molar-refractivity contribution >= 4 is 25.6 Å². The molecule has 21 heavy (non-hydrogen) atoms. The van der Waals surface area contributed by atoms with Gasteiger partial charge in [0.2, 0.25) is 5.91 Å². The maximum atomic E-state index is 11.6. The van der Waals surface area contributed by atoms with Crippen molar-refractivity contribution in [2.75, 3.05) is 7.11 Å². The van der Waals surface area contributed by atoms with Crippen LogP contribution in [0.15, 0.2) is 23.1 Å². The first-order chi connectivity index (χ1) is 9.74. The minimum absolute atomic E-state index is 0.0604. The summed E-state index contributed by atoms with van der Waals surface area (Å²) in [6, 6.07) is 4.61. The molecule has 0 aliphatic carbocycles. The van der Waals surface area contributed by atoms with Gasteiger partial charge >= 0.3 is 0 Å². The molecule has 0 aromatic heterocycles. The molecule has 1 aromatic carbocycles. The van der Waals surface area contributed by atoms with Crippen LogP contribution in [0.2, 0.25) is 0 Å². The number of halogens is 1. The highest BCUT2D eigenvalue weighted by Gasteiger charge is 2.17. The highest BCUT2D eigenvalue weighted by atomic mass is 35.7. The average Bonchev–Trinajstić information content (AvgIpc) is 2.41. The summed E-state index contributed by atoms with van der Waals surface area (Å²) in [4.78, 5) is 11.5. The van der Waals surface area contributed by atoms with Gasteiger partial charge < -0.3 is 10.1 Å². The summed E-state index contributed by atoms with van der Waals surface area (Å²) in [6.45, 7) is 4.35. The summed E-state index contributed by atoms with van der Waals surface area (Å²) < 4.78 is 27.9. The van der Waals surface area contributed by atoms with Crippen LogP contribution in [0.3, 0.4) is 0 Å². The molecule has 0 saturated heterocycles. The zero-order valence-electron chi connectivity index (χ0n) is 12.3. The van der Waals surface area contributed by atoms with Gasteiger partial charge in [-0.05, 0) is 30.0 Å². The predicted molar refractivity (Wildman–Crippen MR) is 82.0 cm³/mol. The van der Waals surface area contributed by atoms with Crippen LogP contribution in [0.25, 0.3) is 0 Å². The van der Waals surface area contributed by atoms with Gasteiger partial charge in [-0.2, -0.15) is 0 Å². The lowest BCUT2D eigenvalue weighted by atomic mass is 10.1. The summed E-state index contributed by atoms with van der Waals surface area (Å²) in [5.41, 5.74) is 0.646. The number of hydrogen-bond donors (Lipinski definition) is 1. The third-order valence-corrected chi connectivity index (χ3v) is 4.27. The molecule has 118 valence electrons. The molecule has 0 fully saturated rings. The maximum Gasteiger partial charge on any atom is 0.264 e. The molecule has 7 heteroatoms.